The molecular formula is C21H20F2N2O5. The highest BCUT2D eigenvalue weighted by Gasteiger charge is 2.34. The number of methoxy groups -OCH3 is 1. The number of carbonyl (C=O) groups is 3. The summed E-state index contributed by atoms with van der Waals surface area (Å²) in [6, 6.07) is 11.0. The van der Waals surface area contributed by atoms with Gasteiger partial charge in [0.25, 0.3) is 11.8 Å². The topological polar surface area (TPSA) is 84.9 Å². The van der Waals surface area contributed by atoms with Gasteiger partial charge in [0, 0.05) is 19.5 Å². The molecule has 1 aliphatic heterocycles. The number of fused-ring (bicyclic) bond motifs is 1. The maximum absolute atomic E-state index is 12.4. The highest BCUT2D eigenvalue weighted by molar-refractivity contribution is 6.21. The Balaban J connectivity index is 1.47. The van der Waals surface area contributed by atoms with Gasteiger partial charge >= 0.3 is 6.61 Å². The zero-order valence-corrected chi connectivity index (χ0v) is 16.2. The highest BCUT2D eigenvalue weighted by atomic mass is 19.3. The summed E-state index contributed by atoms with van der Waals surface area (Å²) in [5, 5.41) is 2.70. The highest BCUT2D eigenvalue weighted by Crippen LogP contribution is 2.29. The molecule has 0 saturated heterocycles. The summed E-state index contributed by atoms with van der Waals surface area (Å²) < 4.78 is 34.1. The lowest BCUT2D eigenvalue weighted by Crippen LogP contribution is -2.32. The molecule has 0 bridgehead atoms. The van der Waals surface area contributed by atoms with Crippen LogP contribution in [0.3, 0.4) is 0 Å². The first-order chi connectivity index (χ1) is 14.4. The largest absolute Gasteiger partial charge is 0.493 e. The van der Waals surface area contributed by atoms with Crippen molar-refractivity contribution in [2.75, 3.05) is 13.7 Å². The van der Waals surface area contributed by atoms with Crippen LogP contribution in [0.15, 0.2) is 42.5 Å². The molecule has 1 N–H and O–H groups in total. The molecular weight excluding hydrogens is 398 g/mol. The van der Waals surface area contributed by atoms with Crippen molar-refractivity contribution in [3.8, 4) is 11.5 Å². The van der Waals surface area contributed by atoms with E-state index in [2.05, 4.69) is 10.1 Å². The summed E-state index contributed by atoms with van der Waals surface area (Å²) >= 11 is 0. The van der Waals surface area contributed by atoms with Gasteiger partial charge < -0.3 is 14.8 Å². The van der Waals surface area contributed by atoms with Crippen molar-refractivity contribution in [3.05, 3.63) is 59.2 Å². The summed E-state index contributed by atoms with van der Waals surface area (Å²) in [6.45, 7) is -2.66. The SMILES string of the molecule is COc1cc(CNC(=O)CCCN2C(=O)c3ccccc3C2=O)ccc1OC(F)F. The average molecular weight is 418 g/mol. The predicted octanol–water partition coefficient (Wildman–Crippen LogP) is 2.99. The van der Waals surface area contributed by atoms with Gasteiger partial charge in [-0.25, -0.2) is 0 Å². The standard InChI is InChI=1S/C21H20F2N2O5/c1-29-17-11-13(8-9-16(17)30-21(22)23)12-24-18(26)7-4-10-25-19(27)14-5-2-3-6-15(14)20(25)28/h2-3,5-6,8-9,11,21H,4,7,10,12H2,1H3,(H,24,26). The molecule has 0 fully saturated rings. The molecule has 158 valence electrons. The Morgan fingerprint density at radius 3 is 2.33 bits per heavy atom. The number of halogens is 2. The van der Waals surface area contributed by atoms with Gasteiger partial charge in [-0.2, -0.15) is 8.78 Å². The van der Waals surface area contributed by atoms with Crippen molar-refractivity contribution in [2.24, 2.45) is 0 Å². The van der Waals surface area contributed by atoms with Crippen LogP contribution >= 0.6 is 0 Å². The number of hydrogen-bond donors (Lipinski definition) is 1. The van der Waals surface area contributed by atoms with Gasteiger partial charge in [-0.05, 0) is 36.2 Å². The smallest absolute Gasteiger partial charge is 0.387 e. The van der Waals surface area contributed by atoms with Crippen LogP contribution < -0.4 is 14.8 Å². The Kier molecular flexibility index (Phi) is 6.61. The maximum atomic E-state index is 12.4. The monoisotopic (exact) mass is 418 g/mol. The second kappa shape index (κ2) is 9.34. The van der Waals surface area contributed by atoms with Crippen molar-refractivity contribution >= 4 is 17.7 Å². The molecule has 30 heavy (non-hydrogen) atoms. The molecule has 0 spiro atoms. The first-order valence-corrected chi connectivity index (χ1v) is 9.24. The van der Waals surface area contributed by atoms with E-state index in [0.29, 0.717) is 23.1 Å². The summed E-state index contributed by atoms with van der Waals surface area (Å²) in [7, 11) is 1.33. The van der Waals surface area contributed by atoms with Gasteiger partial charge in [0.1, 0.15) is 0 Å². The van der Waals surface area contributed by atoms with E-state index in [1.807, 2.05) is 0 Å². The number of carbonyl (C=O) groups excluding carboxylic acids is 3. The number of amides is 3. The molecule has 3 amide bonds. The molecule has 7 nitrogen and oxygen atoms in total. The van der Waals surface area contributed by atoms with Crippen molar-refractivity contribution in [1.29, 1.82) is 0 Å². The number of benzene rings is 2. The Hall–Kier alpha value is -3.49. The summed E-state index contributed by atoms with van der Waals surface area (Å²) in [5.74, 6) is -0.932. The molecule has 3 rings (SSSR count). The van der Waals surface area contributed by atoms with Gasteiger partial charge in [0.05, 0.1) is 18.2 Å². The molecule has 2 aromatic rings. The zero-order chi connectivity index (χ0) is 21.7. The quantitative estimate of drug-likeness (QED) is 0.633. The Morgan fingerprint density at radius 2 is 1.73 bits per heavy atom. The number of alkyl halides is 2. The fourth-order valence-corrected chi connectivity index (χ4v) is 3.14. The van der Waals surface area contributed by atoms with E-state index in [9.17, 15) is 23.2 Å². The fourth-order valence-electron chi connectivity index (χ4n) is 3.14. The van der Waals surface area contributed by atoms with E-state index in [1.54, 1.807) is 30.3 Å². The maximum Gasteiger partial charge on any atom is 0.387 e. The number of ether oxygens (including phenoxy) is 2. The fraction of sp³-hybridized carbons (Fsp3) is 0.286. The Morgan fingerprint density at radius 1 is 1.07 bits per heavy atom. The van der Waals surface area contributed by atoms with Crippen LogP contribution in [0, 0.1) is 0 Å². The number of nitrogens with zero attached hydrogens (tertiary/aromatic N) is 1. The predicted molar refractivity (Wildman–Crippen MR) is 103 cm³/mol. The van der Waals surface area contributed by atoms with Gasteiger partial charge in [0.2, 0.25) is 5.91 Å². The zero-order valence-electron chi connectivity index (χ0n) is 16.2. The first-order valence-electron chi connectivity index (χ1n) is 9.24. The molecule has 1 aliphatic rings. The molecule has 0 saturated carbocycles. The van der Waals surface area contributed by atoms with Crippen LogP contribution in [0.4, 0.5) is 8.78 Å². The summed E-state index contributed by atoms with van der Waals surface area (Å²) in [4.78, 5) is 37.8. The molecule has 0 unspecified atom stereocenters. The van der Waals surface area contributed by atoms with Crippen molar-refractivity contribution < 1.29 is 32.6 Å². The minimum Gasteiger partial charge on any atom is -0.493 e. The number of hydrogen-bond acceptors (Lipinski definition) is 5. The molecule has 0 aliphatic carbocycles. The molecule has 1 heterocycles. The van der Waals surface area contributed by atoms with Crippen LogP contribution in [-0.2, 0) is 11.3 Å². The Labute approximate surface area is 171 Å². The third-order valence-electron chi connectivity index (χ3n) is 4.60. The lowest BCUT2D eigenvalue weighted by atomic mass is 10.1. The number of rotatable bonds is 9. The van der Waals surface area contributed by atoms with E-state index in [1.165, 1.54) is 19.2 Å². The molecule has 0 radical (unpaired) electrons. The second-order valence-electron chi connectivity index (χ2n) is 6.55. The van der Waals surface area contributed by atoms with Crippen LogP contribution in [0.2, 0.25) is 0 Å². The third-order valence-corrected chi connectivity index (χ3v) is 4.60. The van der Waals surface area contributed by atoms with Crippen LogP contribution in [0.25, 0.3) is 0 Å². The van der Waals surface area contributed by atoms with Gasteiger partial charge in [-0.1, -0.05) is 18.2 Å². The van der Waals surface area contributed by atoms with Crippen LogP contribution in [0.5, 0.6) is 11.5 Å². The Bertz CT molecular complexity index is 929. The van der Waals surface area contributed by atoms with Gasteiger partial charge in [-0.15, -0.1) is 0 Å². The summed E-state index contributed by atoms with van der Waals surface area (Å²) in [6.07, 6.45) is 0.443. The first kappa shape index (κ1) is 21.2. The van der Waals surface area contributed by atoms with E-state index >= 15 is 0 Å². The minimum absolute atomic E-state index is 0.0940. The van der Waals surface area contributed by atoms with E-state index in [0.717, 1.165) is 4.90 Å². The molecule has 9 heteroatoms. The van der Waals surface area contributed by atoms with Crippen LogP contribution in [-0.4, -0.2) is 42.9 Å². The lowest BCUT2D eigenvalue weighted by molar-refractivity contribution is -0.121. The average Bonchev–Trinajstić information content (AvgIpc) is 2.97. The lowest BCUT2D eigenvalue weighted by Gasteiger charge is -2.14. The van der Waals surface area contributed by atoms with Crippen molar-refractivity contribution in [1.82, 2.24) is 10.2 Å². The van der Waals surface area contributed by atoms with Gasteiger partial charge in [-0.3, -0.25) is 19.3 Å². The third kappa shape index (κ3) is 4.73. The molecule has 2 aromatic carbocycles. The molecule has 0 atom stereocenters. The van der Waals surface area contributed by atoms with E-state index in [-0.39, 0.29) is 48.7 Å². The van der Waals surface area contributed by atoms with Crippen LogP contribution in [0.1, 0.15) is 39.1 Å². The summed E-state index contributed by atoms with van der Waals surface area (Å²) in [5.41, 5.74) is 1.39. The van der Waals surface area contributed by atoms with E-state index < -0.39 is 6.61 Å². The molecule has 0 aromatic heterocycles. The second-order valence-corrected chi connectivity index (χ2v) is 6.55. The van der Waals surface area contributed by atoms with Gasteiger partial charge in [0.15, 0.2) is 11.5 Å². The number of imide groups is 1. The van der Waals surface area contributed by atoms with E-state index in [4.69, 9.17) is 4.74 Å². The number of nitrogens with one attached hydrogen (secondary N) is 1. The normalized spacial score (nSPS) is 12.9. The minimum atomic E-state index is -2.97. The van der Waals surface area contributed by atoms with Crippen molar-refractivity contribution in [3.63, 3.8) is 0 Å². The van der Waals surface area contributed by atoms with Crippen molar-refractivity contribution in [2.45, 2.75) is 26.0 Å².